The normalized spacial score (nSPS) is 18.8. The lowest BCUT2D eigenvalue weighted by Gasteiger charge is -2.45. The lowest BCUT2D eigenvalue weighted by atomic mass is 9.80. The quantitative estimate of drug-likeness (QED) is 0.790. The summed E-state index contributed by atoms with van der Waals surface area (Å²) in [6, 6.07) is 9.71. The maximum Gasteiger partial charge on any atom is 0.335 e. The number of aliphatic imine (C=N–C) groups is 1. The Bertz CT molecular complexity index is 890. The first-order valence-corrected chi connectivity index (χ1v) is 8.64. The number of anilines is 1. The van der Waals surface area contributed by atoms with Gasteiger partial charge in [-0.15, -0.1) is 0 Å². The molecule has 5 heteroatoms. The number of hydrogen-bond acceptors (Lipinski definition) is 3. The van der Waals surface area contributed by atoms with Crippen LogP contribution >= 0.6 is 0 Å². The molecular weight excluding hydrogens is 331 g/mol. The van der Waals surface area contributed by atoms with Crippen LogP contribution in [0, 0.1) is 5.82 Å². The third-order valence-electron chi connectivity index (χ3n) is 5.20. The van der Waals surface area contributed by atoms with Gasteiger partial charge >= 0.3 is 5.97 Å². The molecule has 0 fully saturated rings. The van der Waals surface area contributed by atoms with Crippen LogP contribution in [0.1, 0.15) is 54.6 Å². The molecule has 26 heavy (non-hydrogen) atoms. The number of carboxylic acid groups (broad SMARTS) is 1. The van der Waals surface area contributed by atoms with E-state index in [0.29, 0.717) is 17.2 Å². The van der Waals surface area contributed by atoms with Gasteiger partial charge in [0.05, 0.1) is 11.3 Å². The fourth-order valence-corrected chi connectivity index (χ4v) is 3.57. The van der Waals surface area contributed by atoms with Crippen molar-refractivity contribution >= 4 is 23.6 Å². The van der Waals surface area contributed by atoms with Gasteiger partial charge in [0.1, 0.15) is 5.82 Å². The third-order valence-corrected chi connectivity index (χ3v) is 5.20. The molecule has 0 aromatic heterocycles. The van der Waals surface area contributed by atoms with Crippen molar-refractivity contribution in [1.29, 1.82) is 0 Å². The highest BCUT2D eigenvalue weighted by Gasteiger charge is 2.34. The fourth-order valence-electron chi connectivity index (χ4n) is 3.57. The van der Waals surface area contributed by atoms with Crippen molar-refractivity contribution in [1.82, 2.24) is 0 Å². The number of nitrogens with zero attached hydrogens (tertiary/aromatic N) is 2. The number of carboxylic acids is 1. The number of carbonyl (C=O) groups is 1. The maximum absolute atomic E-state index is 14.6. The molecule has 1 atom stereocenters. The predicted molar refractivity (Wildman–Crippen MR) is 103 cm³/mol. The van der Waals surface area contributed by atoms with Gasteiger partial charge < -0.3 is 10.0 Å². The molecule has 2 aromatic carbocycles. The van der Waals surface area contributed by atoms with Crippen LogP contribution in [-0.4, -0.2) is 29.9 Å². The number of halogens is 1. The van der Waals surface area contributed by atoms with Gasteiger partial charge in [0, 0.05) is 30.1 Å². The van der Waals surface area contributed by atoms with Crippen LogP contribution in [0.4, 0.5) is 15.8 Å². The molecule has 0 amide bonds. The second kappa shape index (κ2) is 6.56. The van der Waals surface area contributed by atoms with Gasteiger partial charge in [0.25, 0.3) is 0 Å². The summed E-state index contributed by atoms with van der Waals surface area (Å²) in [6.45, 7) is 6.48. The van der Waals surface area contributed by atoms with Crippen LogP contribution in [0.3, 0.4) is 0 Å². The molecule has 0 radical (unpaired) electrons. The molecular formula is C21H23FN2O2. The van der Waals surface area contributed by atoms with Gasteiger partial charge in [0.15, 0.2) is 0 Å². The molecule has 136 valence electrons. The molecule has 4 nitrogen and oxygen atoms in total. The van der Waals surface area contributed by atoms with Crippen LogP contribution in [0.2, 0.25) is 0 Å². The molecule has 0 aliphatic carbocycles. The minimum atomic E-state index is -1.01. The number of aromatic carboxylic acids is 1. The highest BCUT2D eigenvalue weighted by molar-refractivity contribution is 5.89. The second-order valence-electron chi connectivity index (χ2n) is 7.52. The average molecular weight is 354 g/mol. The van der Waals surface area contributed by atoms with Crippen molar-refractivity contribution in [2.45, 2.75) is 38.6 Å². The molecule has 0 bridgehead atoms. The highest BCUT2D eigenvalue weighted by atomic mass is 19.1. The first-order valence-electron chi connectivity index (χ1n) is 8.64. The smallest absolute Gasteiger partial charge is 0.335 e. The summed E-state index contributed by atoms with van der Waals surface area (Å²) in [6.07, 6.45) is 2.45. The van der Waals surface area contributed by atoms with Crippen molar-refractivity contribution in [3.8, 4) is 0 Å². The zero-order valence-corrected chi connectivity index (χ0v) is 15.5. The first-order chi connectivity index (χ1) is 12.2. The Hall–Kier alpha value is -2.69. The molecule has 1 aliphatic rings. The van der Waals surface area contributed by atoms with Crippen LogP contribution in [0.25, 0.3) is 0 Å². The number of benzene rings is 2. The molecule has 1 N–H and O–H groups in total. The molecule has 1 aliphatic heterocycles. The Balaban J connectivity index is 1.97. The summed E-state index contributed by atoms with van der Waals surface area (Å²) < 4.78 is 14.6. The van der Waals surface area contributed by atoms with Gasteiger partial charge in [-0.05, 0) is 62.1 Å². The van der Waals surface area contributed by atoms with E-state index in [1.807, 2.05) is 13.1 Å². The Labute approximate surface area is 153 Å². The fraction of sp³-hybridized carbons (Fsp3) is 0.333. The van der Waals surface area contributed by atoms with Crippen LogP contribution in [-0.2, 0) is 0 Å². The van der Waals surface area contributed by atoms with Crippen molar-refractivity contribution in [2.24, 2.45) is 4.99 Å². The van der Waals surface area contributed by atoms with Crippen LogP contribution in [0.15, 0.2) is 41.4 Å². The Kier molecular flexibility index (Phi) is 4.57. The van der Waals surface area contributed by atoms with Crippen molar-refractivity contribution < 1.29 is 14.3 Å². The van der Waals surface area contributed by atoms with Gasteiger partial charge in [-0.3, -0.25) is 4.99 Å². The number of rotatable bonds is 3. The molecule has 1 heterocycles. The topological polar surface area (TPSA) is 52.9 Å². The standard InChI is InChI=1S/C21H23FN2O2/c1-13-11-21(2,3)24(4)19-10-18(22)15(9-17(13)19)12-23-16-7-5-6-14(8-16)20(25)26/h5-10,12-13H,11H2,1-4H3,(H,25,26). The molecule has 0 spiro atoms. The van der Waals surface area contributed by atoms with Crippen molar-refractivity contribution in [3.05, 3.63) is 58.9 Å². The first kappa shape index (κ1) is 18.1. The zero-order chi connectivity index (χ0) is 19.1. The molecule has 0 saturated carbocycles. The zero-order valence-electron chi connectivity index (χ0n) is 15.5. The van der Waals surface area contributed by atoms with Crippen LogP contribution < -0.4 is 4.90 Å². The van der Waals surface area contributed by atoms with E-state index in [2.05, 4.69) is 30.7 Å². The van der Waals surface area contributed by atoms with E-state index in [9.17, 15) is 9.18 Å². The molecule has 1 unspecified atom stereocenters. The van der Waals surface area contributed by atoms with E-state index in [1.54, 1.807) is 18.2 Å². The van der Waals surface area contributed by atoms with E-state index in [1.165, 1.54) is 18.3 Å². The molecule has 3 rings (SSSR count). The van der Waals surface area contributed by atoms with Crippen molar-refractivity contribution in [3.63, 3.8) is 0 Å². The van der Waals surface area contributed by atoms with E-state index in [-0.39, 0.29) is 16.9 Å². The summed E-state index contributed by atoms with van der Waals surface area (Å²) in [4.78, 5) is 17.4. The van der Waals surface area contributed by atoms with E-state index in [0.717, 1.165) is 17.7 Å². The minimum absolute atomic E-state index is 0.0221. The SMILES string of the molecule is CC1CC(C)(C)N(C)c2cc(F)c(C=Nc3cccc(C(=O)O)c3)cc21. The highest BCUT2D eigenvalue weighted by Crippen LogP contribution is 2.43. The third kappa shape index (κ3) is 3.34. The Morgan fingerprint density at radius 2 is 2.08 bits per heavy atom. The summed E-state index contributed by atoms with van der Waals surface area (Å²) in [7, 11) is 2.00. The predicted octanol–water partition coefficient (Wildman–Crippen LogP) is 5.00. The second-order valence-corrected chi connectivity index (χ2v) is 7.52. The Morgan fingerprint density at radius 1 is 1.35 bits per heavy atom. The van der Waals surface area contributed by atoms with E-state index >= 15 is 0 Å². The van der Waals surface area contributed by atoms with Gasteiger partial charge in [0.2, 0.25) is 0 Å². The van der Waals surface area contributed by atoms with Gasteiger partial charge in [-0.1, -0.05) is 13.0 Å². The lowest BCUT2D eigenvalue weighted by molar-refractivity contribution is 0.0697. The van der Waals surface area contributed by atoms with Gasteiger partial charge in [-0.25, -0.2) is 9.18 Å². The summed E-state index contributed by atoms with van der Waals surface area (Å²) >= 11 is 0. The van der Waals surface area contributed by atoms with E-state index < -0.39 is 5.97 Å². The molecule has 0 saturated heterocycles. The summed E-state index contributed by atoms with van der Waals surface area (Å²) in [5.74, 6) is -1.03. The lowest BCUT2D eigenvalue weighted by Crippen LogP contribution is -2.45. The van der Waals surface area contributed by atoms with Crippen molar-refractivity contribution in [2.75, 3.05) is 11.9 Å². The van der Waals surface area contributed by atoms with E-state index in [4.69, 9.17) is 5.11 Å². The summed E-state index contributed by atoms with van der Waals surface area (Å²) in [5.41, 5.74) is 3.04. The monoisotopic (exact) mass is 354 g/mol. The number of hydrogen-bond donors (Lipinski definition) is 1. The number of fused-ring (bicyclic) bond motifs is 1. The molecule has 2 aromatic rings. The minimum Gasteiger partial charge on any atom is -0.478 e. The Morgan fingerprint density at radius 3 is 2.77 bits per heavy atom. The van der Waals surface area contributed by atoms with Gasteiger partial charge in [-0.2, -0.15) is 0 Å². The summed E-state index contributed by atoms with van der Waals surface area (Å²) in [5, 5.41) is 9.05. The largest absolute Gasteiger partial charge is 0.478 e. The van der Waals surface area contributed by atoms with Crippen LogP contribution in [0.5, 0.6) is 0 Å². The average Bonchev–Trinajstić information content (AvgIpc) is 2.58. The maximum atomic E-state index is 14.6.